The molecule has 0 saturated carbocycles. The molecule has 4 rings (SSSR count). The van der Waals surface area contributed by atoms with Gasteiger partial charge in [0.1, 0.15) is 5.01 Å². The molecule has 0 unspecified atom stereocenters. The number of rotatable bonds is 7. The Labute approximate surface area is 185 Å². The van der Waals surface area contributed by atoms with Crippen LogP contribution in [0.25, 0.3) is 10.6 Å². The van der Waals surface area contributed by atoms with Gasteiger partial charge in [-0.05, 0) is 24.6 Å². The van der Waals surface area contributed by atoms with Gasteiger partial charge in [0.05, 0.1) is 25.3 Å². The number of benzene rings is 2. The van der Waals surface area contributed by atoms with E-state index in [0.717, 1.165) is 49.1 Å². The van der Waals surface area contributed by atoms with Crippen LogP contribution in [0.2, 0.25) is 0 Å². The molecule has 1 aromatic heterocycles. The molecular formula is C24H25N3O3S. The fourth-order valence-electron chi connectivity index (χ4n) is 3.48. The van der Waals surface area contributed by atoms with Crippen molar-refractivity contribution in [2.24, 2.45) is 0 Å². The Morgan fingerprint density at radius 1 is 1.13 bits per heavy atom. The molecule has 0 aliphatic carbocycles. The fourth-order valence-corrected chi connectivity index (χ4v) is 4.30. The molecule has 1 aliphatic rings. The maximum Gasteiger partial charge on any atom is 0.230 e. The van der Waals surface area contributed by atoms with Crippen molar-refractivity contribution in [2.45, 2.75) is 19.9 Å². The lowest BCUT2D eigenvalue weighted by Gasteiger charge is -2.26. The molecular weight excluding hydrogens is 410 g/mol. The Morgan fingerprint density at radius 2 is 1.90 bits per heavy atom. The van der Waals surface area contributed by atoms with Crippen LogP contribution < -0.4 is 5.32 Å². The Morgan fingerprint density at radius 3 is 2.65 bits per heavy atom. The summed E-state index contributed by atoms with van der Waals surface area (Å²) in [6.45, 7) is 5.98. The van der Waals surface area contributed by atoms with Gasteiger partial charge in [-0.2, -0.15) is 0 Å². The summed E-state index contributed by atoms with van der Waals surface area (Å²) in [5.41, 5.74) is 4.25. The van der Waals surface area contributed by atoms with Gasteiger partial charge in [-0.1, -0.05) is 36.4 Å². The summed E-state index contributed by atoms with van der Waals surface area (Å²) < 4.78 is 5.40. The number of aromatic nitrogens is 1. The van der Waals surface area contributed by atoms with Crippen LogP contribution in [-0.2, 0) is 22.5 Å². The number of thiazole rings is 1. The Bertz CT molecular complexity index is 1060. The van der Waals surface area contributed by atoms with Crippen molar-refractivity contribution >= 4 is 28.7 Å². The summed E-state index contributed by atoms with van der Waals surface area (Å²) in [4.78, 5) is 30.9. The first-order valence-electron chi connectivity index (χ1n) is 10.3. The number of amides is 1. The molecule has 31 heavy (non-hydrogen) atoms. The standard InChI is InChI=1S/C24H25N3O3S/c1-17(28)20-3-2-4-21(13-20)25-23(29)14-22-16-31-24(26-22)19-7-5-18(6-8-19)15-27-9-11-30-12-10-27/h2-8,13,16H,9-12,14-15H2,1H3,(H,25,29). The smallest absolute Gasteiger partial charge is 0.230 e. The number of hydrogen-bond donors (Lipinski definition) is 1. The Balaban J connectivity index is 1.35. The number of carbonyl (C=O) groups excluding carboxylic acids is 2. The monoisotopic (exact) mass is 435 g/mol. The first-order chi connectivity index (χ1) is 15.1. The van der Waals surface area contributed by atoms with E-state index in [1.165, 1.54) is 23.8 Å². The highest BCUT2D eigenvalue weighted by Crippen LogP contribution is 2.25. The van der Waals surface area contributed by atoms with E-state index in [4.69, 9.17) is 4.74 Å². The van der Waals surface area contributed by atoms with Crippen molar-refractivity contribution in [2.75, 3.05) is 31.6 Å². The molecule has 6 nitrogen and oxygen atoms in total. The van der Waals surface area contributed by atoms with E-state index in [2.05, 4.69) is 39.5 Å². The molecule has 0 spiro atoms. The van der Waals surface area contributed by atoms with Gasteiger partial charge in [-0.25, -0.2) is 4.98 Å². The second kappa shape index (κ2) is 9.96. The molecule has 1 amide bonds. The van der Waals surface area contributed by atoms with Gasteiger partial charge in [0.2, 0.25) is 5.91 Å². The maximum absolute atomic E-state index is 12.4. The fraction of sp³-hybridized carbons (Fsp3) is 0.292. The first-order valence-corrected chi connectivity index (χ1v) is 11.2. The molecule has 160 valence electrons. The van der Waals surface area contributed by atoms with E-state index >= 15 is 0 Å². The quantitative estimate of drug-likeness (QED) is 0.568. The number of ketones is 1. The van der Waals surface area contributed by atoms with E-state index in [-0.39, 0.29) is 18.1 Å². The van der Waals surface area contributed by atoms with Crippen molar-refractivity contribution < 1.29 is 14.3 Å². The molecule has 2 aromatic carbocycles. The Kier molecular flexibility index (Phi) is 6.86. The number of anilines is 1. The van der Waals surface area contributed by atoms with Gasteiger partial charge >= 0.3 is 0 Å². The number of Topliss-reactive ketones (excluding diaryl/α,β-unsaturated/α-hetero) is 1. The van der Waals surface area contributed by atoms with Crippen molar-refractivity contribution in [1.29, 1.82) is 0 Å². The van der Waals surface area contributed by atoms with Crippen LogP contribution in [0.3, 0.4) is 0 Å². The SMILES string of the molecule is CC(=O)c1cccc(NC(=O)Cc2csc(-c3ccc(CN4CCOCC4)cc3)n2)c1. The lowest BCUT2D eigenvalue weighted by Crippen LogP contribution is -2.35. The van der Waals surface area contributed by atoms with Crippen LogP contribution in [0.4, 0.5) is 5.69 Å². The summed E-state index contributed by atoms with van der Waals surface area (Å²) in [5, 5.41) is 5.66. The third-order valence-electron chi connectivity index (χ3n) is 5.16. The zero-order chi connectivity index (χ0) is 21.6. The van der Waals surface area contributed by atoms with Gasteiger partial charge in [-0.15, -0.1) is 11.3 Å². The van der Waals surface area contributed by atoms with E-state index in [1.807, 2.05) is 5.38 Å². The molecule has 3 aromatic rings. The van der Waals surface area contributed by atoms with Crippen LogP contribution in [0, 0.1) is 0 Å². The summed E-state index contributed by atoms with van der Waals surface area (Å²) in [6.07, 6.45) is 0.190. The highest BCUT2D eigenvalue weighted by Gasteiger charge is 2.12. The first kappa shape index (κ1) is 21.4. The number of ether oxygens (including phenoxy) is 1. The lowest BCUT2D eigenvalue weighted by atomic mass is 10.1. The van der Waals surface area contributed by atoms with E-state index < -0.39 is 0 Å². The topological polar surface area (TPSA) is 71.5 Å². The third-order valence-corrected chi connectivity index (χ3v) is 6.10. The summed E-state index contributed by atoms with van der Waals surface area (Å²) in [7, 11) is 0. The highest BCUT2D eigenvalue weighted by molar-refractivity contribution is 7.13. The van der Waals surface area contributed by atoms with Gasteiger partial charge in [0.15, 0.2) is 5.78 Å². The molecule has 1 N–H and O–H groups in total. The van der Waals surface area contributed by atoms with Crippen LogP contribution in [0.1, 0.15) is 28.5 Å². The van der Waals surface area contributed by atoms with Crippen LogP contribution in [0.15, 0.2) is 53.9 Å². The molecule has 1 saturated heterocycles. The van der Waals surface area contributed by atoms with Gasteiger partial charge in [-0.3, -0.25) is 14.5 Å². The summed E-state index contributed by atoms with van der Waals surface area (Å²) >= 11 is 1.54. The predicted octanol–water partition coefficient (Wildman–Crippen LogP) is 4.03. The zero-order valence-corrected chi connectivity index (χ0v) is 18.3. The molecule has 1 fully saturated rings. The van der Waals surface area contributed by atoms with Crippen molar-refractivity contribution in [1.82, 2.24) is 9.88 Å². The molecule has 0 bridgehead atoms. The predicted molar refractivity (Wildman–Crippen MR) is 122 cm³/mol. The normalized spacial score (nSPS) is 14.4. The second-order valence-corrected chi connectivity index (χ2v) is 8.45. The number of nitrogens with one attached hydrogen (secondary N) is 1. The Hall–Kier alpha value is -2.87. The maximum atomic E-state index is 12.4. The minimum atomic E-state index is -0.154. The summed E-state index contributed by atoms with van der Waals surface area (Å²) in [5.74, 6) is -0.186. The largest absolute Gasteiger partial charge is 0.379 e. The zero-order valence-electron chi connectivity index (χ0n) is 17.5. The molecule has 0 radical (unpaired) electrons. The minimum absolute atomic E-state index is 0.0313. The highest BCUT2D eigenvalue weighted by atomic mass is 32.1. The number of morpholine rings is 1. The average Bonchev–Trinajstić information content (AvgIpc) is 3.23. The lowest BCUT2D eigenvalue weighted by molar-refractivity contribution is -0.115. The van der Waals surface area contributed by atoms with Crippen LogP contribution >= 0.6 is 11.3 Å². The van der Waals surface area contributed by atoms with Crippen LogP contribution in [-0.4, -0.2) is 47.9 Å². The van der Waals surface area contributed by atoms with Gasteiger partial charge < -0.3 is 10.1 Å². The number of carbonyl (C=O) groups is 2. The van der Waals surface area contributed by atoms with Gasteiger partial charge in [0.25, 0.3) is 0 Å². The molecule has 1 aliphatic heterocycles. The minimum Gasteiger partial charge on any atom is -0.379 e. The van der Waals surface area contributed by atoms with Crippen molar-refractivity contribution in [3.63, 3.8) is 0 Å². The van der Waals surface area contributed by atoms with Crippen molar-refractivity contribution in [3.05, 3.63) is 70.7 Å². The van der Waals surface area contributed by atoms with E-state index in [0.29, 0.717) is 11.3 Å². The van der Waals surface area contributed by atoms with Crippen molar-refractivity contribution in [3.8, 4) is 10.6 Å². The average molecular weight is 436 g/mol. The van der Waals surface area contributed by atoms with Gasteiger partial charge in [0, 0.05) is 41.8 Å². The van der Waals surface area contributed by atoms with Crippen LogP contribution in [0.5, 0.6) is 0 Å². The molecule has 2 heterocycles. The summed E-state index contributed by atoms with van der Waals surface area (Å²) in [6, 6.07) is 15.4. The third kappa shape index (κ3) is 5.85. The molecule has 0 atom stereocenters. The molecule has 7 heteroatoms. The number of hydrogen-bond acceptors (Lipinski definition) is 6. The van der Waals surface area contributed by atoms with E-state index in [1.54, 1.807) is 24.3 Å². The van der Waals surface area contributed by atoms with E-state index in [9.17, 15) is 9.59 Å². The second-order valence-electron chi connectivity index (χ2n) is 7.59. The number of nitrogens with zero attached hydrogens (tertiary/aromatic N) is 2.